The lowest BCUT2D eigenvalue weighted by atomic mass is 9.78. The van der Waals surface area contributed by atoms with Crippen molar-refractivity contribution in [2.24, 2.45) is 5.92 Å². The molecule has 25 heavy (non-hydrogen) atoms. The smallest absolute Gasteiger partial charge is 0.223 e. The first-order valence-corrected chi connectivity index (χ1v) is 9.46. The Morgan fingerprint density at radius 3 is 2.80 bits per heavy atom. The molecule has 3 nitrogen and oxygen atoms in total. The van der Waals surface area contributed by atoms with Crippen LogP contribution in [0, 0.1) is 17.6 Å². The molecule has 1 N–H and O–H groups in total. The van der Waals surface area contributed by atoms with Crippen LogP contribution in [0.1, 0.15) is 62.8 Å². The van der Waals surface area contributed by atoms with E-state index in [0.29, 0.717) is 18.6 Å². The molecule has 3 aliphatic rings. The van der Waals surface area contributed by atoms with E-state index in [-0.39, 0.29) is 29.4 Å². The Bertz CT molecular complexity index is 652. The van der Waals surface area contributed by atoms with Gasteiger partial charge in [-0.1, -0.05) is 31.4 Å². The van der Waals surface area contributed by atoms with Crippen LogP contribution in [0.2, 0.25) is 0 Å². The predicted octanol–water partition coefficient (Wildman–Crippen LogP) is 4.07. The Morgan fingerprint density at radius 1 is 1.20 bits per heavy atom. The Morgan fingerprint density at radius 2 is 2.00 bits per heavy atom. The van der Waals surface area contributed by atoms with Gasteiger partial charge in [-0.2, -0.15) is 0 Å². The van der Waals surface area contributed by atoms with Crippen LogP contribution >= 0.6 is 0 Å². The van der Waals surface area contributed by atoms with Crippen LogP contribution < -0.4 is 5.32 Å². The summed E-state index contributed by atoms with van der Waals surface area (Å²) >= 11 is 0. The van der Waals surface area contributed by atoms with Gasteiger partial charge in [0.2, 0.25) is 5.91 Å². The highest BCUT2D eigenvalue weighted by Crippen LogP contribution is 2.49. The first-order valence-electron chi connectivity index (χ1n) is 9.46. The topological polar surface area (TPSA) is 38.3 Å². The molecule has 5 heteroatoms. The van der Waals surface area contributed by atoms with Crippen LogP contribution in [0.15, 0.2) is 18.2 Å². The zero-order chi connectivity index (χ0) is 17.4. The summed E-state index contributed by atoms with van der Waals surface area (Å²) in [4.78, 5) is 12.6. The second kappa shape index (κ2) is 6.67. The average molecular weight is 349 g/mol. The van der Waals surface area contributed by atoms with Crippen LogP contribution in [-0.4, -0.2) is 24.2 Å². The molecule has 1 aliphatic heterocycles. The largest absolute Gasteiger partial charge is 0.375 e. The van der Waals surface area contributed by atoms with E-state index in [2.05, 4.69) is 5.32 Å². The van der Waals surface area contributed by atoms with Crippen molar-refractivity contribution in [1.82, 2.24) is 5.32 Å². The van der Waals surface area contributed by atoms with Crippen molar-refractivity contribution >= 4 is 5.91 Å². The molecular weight excluding hydrogens is 324 g/mol. The highest BCUT2D eigenvalue weighted by molar-refractivity contribution is 5.83. The van der Waals surface area contributed by atoms with Crippen LogP contribution in [-0.2, 0) is 9.53 Å². The number of nitrogens with one attached hydrogen (secondary N) is 1. The molecule has 1 heterocycles. The zero-order valence-corrected chi connectivity index (χ0v) is 14.4. The molecular formula is C20H25F2NO2. The fourth-order valence-corrected chi connectivity index (χ4v) is 4.64. The van der Waals surface area contributed by atoms with E-state index in [4.69, 9.17) is 4.74 Å². The molecule has 0 radical (unpaired) electrons. The first-order chi connectivity index (χ1) is 12.1. The summed E-state index contributed by atoms with van der Waals surface area (Å²) in [6, 6.07) is 4.34. The number of ether oxygens (including phenoxy) is 1. The van der Waals surface area contributed by atoms with Gasteiger partial charge in [0.05, 0.1) is 5.60 Å². The molecule has 2 aliphatic carbocycles. The maximum absolute atomic E-state index is 13.9. The maximum atomic E-state index is 13.9. The molecule has 0 unspecified atom stereocenters. The quantitative estimate of drug-likeness (QED) is 0.893. The lowest BCUT2D eigenvalue weighted by molar-refractivity contribution is -0.129. The number of rotatable bonds is 3. The minimum absolute atomic E-state index is 0.0217. The van der Waals surface area contributed by atoms with Gasteiger partial charge >= 0.3 is 0 Å². The summed E-state index contributed by atoms with van der Waals surface area (Å²) in [5, 5.41) is 3.15. The van der Waals surface area contributed by atoms with E-state index in [1.807, 2.05) is 0 Å². The zero-order valence-electron chi connectivity index (χ0n) is 14.4. The summed E-state index contributed by atoms with van der Waals surface area (Å²) < 4.78 is 33.4. The van der Waals surface area contributed by atoms with Crippen molar-refractivity contribution in [2.45, 2.75) is 68.9 Å². The number of carbonyl (C=O) groups excluding carboxylic acids is 1. The SMILES string of the molecule is O=C(N[C@@H]1CCOC2(CCCCC2)C1)[C@H]1C[C@H]1c1cccc(F)c1F. The fraction of sp³-hybridized carbons (Fsp3) is 0.650. The molecule has 3 fully saturated rings. The number of amides is 1. The molecule has 2 saturated carbocycles. The highest BCUT2D eigenvalue weighted by Gasteiger charge is 2.47. The number of hydrogen-bond acceptors (Lipinski definition) is 2. The average Bonchev–Trinajstić information content (AvgIpc) is 3.39. The van der Waals surface area contributed by atoms with Crippen LogP contribution in [0.4, 0.5) is 8.78 Å². The van der Waals surface area contributed by atoms with E-state index in [0.717, 1.165) is 31.7 Å². The molecule has 0 bridgehead atoms. The fourth-order valence-electron chi connectivity index (χ4n) is 4.64. The lowest BCUT2D eigenvalue weighted by Crippen LogP contribution is -2.49. The van der Waals surface area contributed by atoms with Crippen molar-refractivity contribution in [3.8, 4) is 0 Å². The number of benzene rings is 1. The minimum atomic E-state index is -0.841. The van der Waals surface area contributed by atoms with Crippen molar-refractivity contribution in [3.63, 3.8) is 0 Å². The summed E-state index contributed by atoms with van der Waals surface area (Å²) in [5.41, 5.74) is 0.280. The van der Waals surface area contributed by atoms with Gasteiger partial charge in [-0.05, 0) is 49.7 Å². The monoisotopic (exact) mass is 349 g/mol. The standard InChI is InChI=1S/C20H25F2NO2/c21-17-6-4-5-14(18(17)22)15-11-16(15)19(24)23-13-7-10-25-20(12-13)8-2-1-3-9-20/h4-6,13,15-16H,1-3,7-12H2,(H,23,24)/t13-,15+,16+/m1/s1. The molecule has 1 aromatic carbocycles. The Kier molecular flexibility index (Phi) is 4.52. The van der Waals surface area contributed by atoms with Gasteiger partial charge in [0.25, 0.3) is 0 Å². The van der Waals surface area contributed by atoms with E-state index in [9.17, 15) is 13.6 Å². The molecule has 1 amide bonds. The van der Waals surface area contributed by atoms with Crippen molar-refractivity contribution in [3.05, 3.63) is 35.4 Å². The van der Waals surface area contributed by atoms with E-state index in [1.54, 1.807) is 6.07 Å². The van der Waals surface area contributed by atoms with Crippen LogP contribution in [0.5, 0.6) is 0 Å². The third-order valence-corrected chi connectivity index (χ3v) is 6.11. The number of halogens is 2. The molecule has 3 atom stereocenters. The van der Waals surface area contributed by atoms with Crippen molar-refractivity contribution < 1.29 is 18.3 Å². The van der Waals surface area contributed by atoms with Crippen molar-refractivity contribution in [1.29, 1.82) is 0 Å². The lowest BCUT2D eigenvalue weighted by Gasteiger charge is -2.43. The normalized spacial score (nSPS) is 30.9. The number of carbonyl (C=O) groups is 1. The Balaban J connectivity index is 1.36. The summed E-state index contributed by atoms with van der Waals surface area (Å²) in [6.07, 6.45) is 8.14. The minimum Gasteiger partial charge on any atom is -0.375 e. The molecule has 1 spiro atoms. The summed E-state index contributed by atoms with van der Waals surface area (Å²) in [7, 11) is 0. The Hall–Kier alpha value is -1.49. The van der Waals surface area contributed by atoms with Gasteiger partial charge < -0.3 is 10.1 Å². The van der Waals surface area contributed by atoms with Gasteiger partial charge in [0.1, 0.15) is 0 Å². The van der Waals surface area contributed by atoms with Crippen molar-refractivity contribution in [2.75, 3.05) is 6.61 Å². The van der Waals surface area contributed by atoms with Gasteiger partial charge in [-0.15, -0.1) is 0 Å². The molecule has 4 rings (SSSR count). The second-order valence-corrected chi connectivity index (χ2v) is 7.88. The second-order valence-electron chi connectivity index (χ2n) is 7.88. The van der Waals surface area contributed by atoms with Crippen LogP contribution in [0.3, 0.4) is 0 Å². The van der Waals surface area contributed by atoms with Gasteiger partial charge in [0, 0.05) is 18.6 Å². The predicted molar refractivity (Wildman–Crippen MR) is 90.1 cm³/mol. The molecule has 1 aromatic rings. The third kappa shape index (κ3) is 3.43. The summed E-state index contributed by atoms with van der Waals surface area (Å²) in [5.74, 6) is -2.10. The molecule has 1 saturated heterocycles. The maximum Gasteiger partial charge on any atom is 0.223 e. The Labute approximate surface area is 147 Å². The highest BCUT2D eigenvalue weighted by atomic mass is 19.2. The van der Waals surface area contributed by atoms with Gasteiger partial charge in [-0.25, -0.2) is 8.78 Å². The van der Waals surface area contributed by atoms with E-state index < -0.39 is 11.6 Å². The molecule has 136 valence electrons. The van der Waals surface area contributed by atoms with E-state index >= 15 is 0 Å². The van der Waals surface area contributed by atoms with Gasteiger partial charge in [-0.3, -0.25) is 4.79 Å². The summed E-state index contributed by atoms with van der Waals surface area (Å²) in [6.45, 7) is 0.692. The van der Waals surface area contributed by atoms with Crippen LogP contribution in [0.25, 0.3) is 0 Å². The third-order valence-electron chi connectivity index (χ3n) is 6.11. The molecule has 0 aromatic heterocycles. The first kappa shape index (κ1) is 17.0. The van der Waals surface area contributed by atoms with Gasteiger partial charge in [0.15, 0.2) is 11.6 Å². The number of hydrogen-bond donors (Lipinski definition) is 1. The van der Waals surface area contributed by atoms with E-state index in [1.165, 1.54) is 25.3 Å².